The Morgan fingerprint density at radius 3 is 2.90 bits per heavy atom. The Hall–Kier alpha value is -2.21. The van der Waals surface area contributed by atoms with Crippen LogP contribution in [0.15, 0.2) is 47.2 Å². The summed E-state index contributed by atoms with van der Waals surface area (Å²) in [5.41, 5.74) is 1.95. The van der Waals surface area contributed by atoms with Gasteiger partial charge in [-0.05, 0) is 47.1 Å². The highest BCUT2D eigenvalue weighted by Gasteiger charge is 2.16. The molecule has 0 aliphatic rings. The van der Waals surface area contributed by atoms with E-state index in [2.05, 4.69) is 31.2 Å². The van der Waals surface area contributed by atoms with Crippen LogP contribution in [-0.2, 0) is 0 Å². The van der Waals surface area contributed by atoms with Crippen molar-refractivity contribution in [2.45, 2.75) is 6.92 Å². The van der Waals surface area contributed by atoms with Crippen LogP contribution in [0.2, 0.25) is 0 Å². The van der Waals surface area contributed by atoms with Crippen molar-refractivity contribution in [2.75, 3.05) is 5.32 Å². The number of halogens is 1. The fourth-order valence-electron chi connectivity index (χ4n) is 2.01. The van der Waals surface area contributed by atoms with E-state index in [1.165, 1.54) is 0 Å². The number of rotatable bonds is 2. The van der Waals surface area contributed by atoms with Crippen molar-refractivity contribution >= 4 is 33.3 Å². The lowest BCUT2D eigenvalue weighted by Gasteiger charge is -2.05. The van der Waals surface area contributed by atoms with E-state index in [9.17, 15) is 4.79 Å². The highest BCUT2D eigenvalue weighted by atomic mass is 79.9. The molecule has 6 heteroatoms. The van der Waals surface area contributed by atoms with Gasteiger partial charge in [-0.3, -0.25) is 9.20 Å². The summed E-state index contributed by atoms with van der Waals surface area (Å²) in [6.07, 6.45) is 3.45. The van der Waals surface area contributed by atoms with Crippen molar-refractivity contribution in [3.8, 4) is 0 Å². The number of imidazole rings is 1. The topological polar surface area (TPSA) is 59.3 Å². The number of hydrogen-bond acceptors (Lipinski definition) is 3. The molecular weight excluding hydrogens is 320 g/mol. The summed E-state index contributed by atoms with van der Waals surface area (Å²) in [4.78, 5) is 20.9. The van der Waals surface area contributed by atoms with Gasteiger partial charge in [-0.25, -0.2) is 9.97 Å². The Morgan fingerprint density at radius 1 is 1.30 bits per heavy atom. The van der Waals surface area contributed by atoms with Gasteiger partial charge < -0.3 is 5.32 Å². The number of nitrogens with one attached hydrogen (secondary N) is 1. The van der Waals surface area contributed by atoms with E-state index in [1.807, 2.05) is 37.4 Å². The second kappa shape index (κ2) is 5.05. The van der Waals surface area contributed by atoms with Crippen molar-refractivity contribution < 1.29 is 4.79 Å². The monoisotopic (exact) mass is 330 g/mol. The molecule has 0 saturated heterocycles. The Kier molecular flexibility index (Phi) is 3.23. The normalized spacial score (nSPS) is 10.7. The van der Waals surface area contributed by atoms with Crippen molar-refractivity contribution in [3.05, 3.63) is 58.6 Å². The summed E-state index contributed by atoms with van der Waals surface area (Å²) in [5.74, 6) is 0.277. The van der Waals surface area contributed by atoms with E-state index in [4.69, 9.17) is 0 Å². The fraction of sp³-hybridized carbons (Fsp3) is 0.0714. The van der Waals surface area contributed by atoms with E-state index in [1.54, 1.807) is 16.7 Å². The van der Waals surface area contributed by atoms with E-state index in [0.717, 1.165) is 10.1 Å². The summed E-state index contributed by atoms with van der Waals surface area (Å²) in [5, 5.41) is 2.77. The number of nitrogens with zero attached hydrogens (tertiary/aromatic N) is 3. The molecule has 1 N–H and O–H groups in total. The van der Waals surface area contributed by atoms with Crippen LogP contribution >= 0.6 is 15.9 Å². The van der Waals surface area contributed by atoms with Crippen LogP contribution < -0.4 is 5.32 Å². The van der Waals surface area contributed by atoms with Crippen molar-refractivity contribution in [3.63, 3.8) is 0 Å². The zero-order chi connectivity index (χ0) is 14.1. The molecule has 0 bridgehead atoms. The summed E-state index contributed by atoms with van der Waals surface area (Å²) in [7, 11) is 0. The van der Waals surface area contributed by atoms with Gasteiger partial charge in [0.05, 0.1) is 5.69 Å². The fourth-order valence-corrected chi connectivity index (χ4v) is 2.25. The molecule has 0 unspecified atom stereocenters. The number of carbonyl (C=O) groups excluding carboxylic acids is 1. The molecule has 0 radical (unpaired) electrons. The molecule has 0 aliphatic carbocycles. The first-order valence-corrected chi connectivity index (χ1v) is 6.81. The molecule has 0 spiro atoms. The smallest absolute Gasteiger partial charge is 0.275 e. The SMILES string of the molecule is Cc1nc2ccccn2c1C(=O)Nc1ccc(Br)cn1. The molecule has 0 aromatic carbocycles. The number of carbonyl (C=O) groups is 1. The Morgan fingerprint density at radius 2 is 2.15 bits per heavy atom. The van der Waals surface area contributed by atoms with Gasteiger partial charge in [-0.2, -0.15) is 0 Å². The number of fused-ring (bicyclic) bond motifs is 1. The maximum Gasteiger partial charge on any atom is 0.275 e. The first-order chi connectivity index (χ1) is 9.65. The van der Waals surface area contributed by atoms with E-state index in [0.29, 0.717) is 17.2 Å². The predicted molar refractivity (Wildman–Crippen MR) is 79.8 cm³/mol. The molecule has 20 heavy (non-hydrogen) atoms. The van der Waals surface area contributed by atoms with Crippen molar-refractivity contribution in [2.24, 2.45) is 0 Å². The summed E-state index contributed by atoms with van der Waals surface area (Å²) >= 11 is 3.31. The number of pyridine rings is 2. The minimum Gasteiger partial charge on any atom is -0.305 e. The highest BCUT2D eigenvalue weighted by molar-refractivity contribution is 9.10. The zero-order valence-corrected chi connectivity index (χ0v) is 12.3. The average Bonchev–Trinajstić information content (AvgIpc) is 2.77. The van der Waals surface area contributed by atoms with Gasteiger partial charge in [0.25, 0.3) is 5.91 Å². The molecule has 3 aromatic heterocycles. The first kappa shape index (κ1) is 12.8. The lowest BCUT2D eigenvalue weighted by molar-refractivity contribution is 0.102. The molecule has 3 aromatic rings. The molecular formula is C14H11BrN4O. The number of aryl methyl sites for hydroxylation is 1. The summed E-state index contributed by atoms with van der Waals surface area (Å²) < 4.78 is 2.63. The minimum atomic E-state index is -0.226. The van der Waals surface area contributed by atoms with Crippen LogP contribution in [0.5, 0.6) is 0 Å². The maximum absolute atomic E-state index is 12.4. The quantitative estimate of drug-likeness (QED) is 0.785. The molecule has 0 saturated carbocycles. The van der Waals surface area contributed by atoms with Gasteiger partial charge in [0.15, 0.2) is 0 Å². The first-order valence-electron chi connectivity index (χ1n) is 6.02. The van der Waals surface area contributed by atoms with Gasteiger partial charge in [0.2, 0.25) is 0 Å². The van der Waals surface area contributed by atoms with Crippen LogP contribution in [0.1, 0.15) is 16.2 Å². The molecule has 3 rings (SSSR count). The Bertz CT molecular complexity index is 779. The van der Waals surface area contributed by atoms with Gasteiger partial charge in [-0.1, -0.05) is 6.07 Å². The van der Waals surface area contributed by atoms with Crippen LogP contribution in [0.25, 0.3) is 5.65 Å². The lowest BCUT2D eigenvalue weighted by Crippen LogP contribution is -2.16. The zero-order valence-electron chi connectivity index (χ0n) is 10.7. The van der Waals surface area contributed by atoms with Crippen LogP contribution in [0.4, 0.5) is 5.82 Å². The third kappa shape index (κ3) is 2.30. The van der Waals surface area contributed by atoms with Gasteiger partial charge in [0.1, 0.15) is 17.2 Å². The number of anilines is 1. The van der Waals surface area contributed by atoms with Crippen LogP contribution in [0.3, 0.4) is 0 Å². The highest BCUT2D eigenvalue weighted by Crippen LogP contribution is 2.15. The molecule has 1 amide bonds. The average molecular weight is 331 g/mol. The van der Waals surface area contributed by atoms with Crippen LogP contribution in [-0.4, -0.2) is 20.3 Å². The molecule has 0 atom stereocenters. The standard InChI is InChI=1S/C14H11BrN4O/c1-9-13(19-7-3-2-4-12(19)17-9)14(20)18-11-6-5-10(15)8-16-11/h2-8H,1H3,(H,16,18,20). The lowest BCUT2D eigenvalue weighted by atomic mass is 10.3. The molecule has 0 aliphatic heterocycles. The maximum atomic E-state index is 12.4. The molecule has 5 nitrogen and oxygen atoms in total. The van der Waals surface area contributed by atoms with Gasteiger partial charge >= 0.3 is 0 Å². The van der Waals surface area contributed by atoms with Crippen molar-refractivity contribution in [1.82, 2.24) is 14.4 Å². The number of amides is 1. The second-order valence-corrected chi connectivity index (χ2v) is 5.21. The van der Waals surface area contributed by atoms with E-state index >= 15 is 0 Å². The summed E-state index contributed by atoms with van der Waals surface area (Å²) in [6.45, 7) is 1.82. The number of aromatic nitrogens is 3. The Balaban J connectivity index is 1.96. The third-order valence-electron chi connectivity index (χ3n) is 2.89. The Labute approximate surface area is 123 Å². The molecule has 3 heterocycles. The van der Waals surface area contributed by atoms with Gasteiger partial charge in [-0.15, -0.1) is 0 Å². The predicted octanol–water partition coefficient (Wildman–Crippen LogP) is 3.05. The van der Waals surface area contributed by atoms with Crippen LogP contribution in [0, 0.1) is 6.92 Å². The van der Waals surface area contributed by atoms with E-state index in [-0.39, 0.29) is 5.91 Å². The van der Waals surface area contributed by atoms with E-state index < -0.39 is 0 Å². The molecule has 100 valence electrons. The largest absolute Gasteiger partial charge is 0.305 e. The molecule has 0 fully saturated rings. The second-order valence-electron chi connectivity index (χ2n) is 4.29. The third-order valence-corrected chi connectivity index (χ3v) is 3.36. The van der Waals surface area contributed by atoms with Crippen molar-refractivity contribution in [1.29, 1.82) is 0 Å². The summed E-state index contributed by atoms with van der Waals surface area (Å²) in [6, 6.07) is 9.18. The minimum absolute atomic E-state index is 0.226. The number of hydrogen-bond donors (Lipinski definition) is 1. The van der Waals surface area contributed by atoms with Gasteiger partial charge in [0, 0.05) is 16.9 Å².